The first-order chi connectivity index (χ1) is 10.8. The number of pyridine rings is 1. The fraction of sp³-hybridized carbons (Fsp3) is 0.200. The van der Waals surface area contributed by atoms with Crippen LogP contribution in [0.3, 0.4) is 0 Å². The van der Waals surface area contributed by atoms with Crippen LogP contribution in [-0.2, 0) is 13.0 Å². The summed E-state index contributed by atoms with van der Waals surface area (Å²) in [6.07, 6.45) is 5.49. The van der Waals surface area contributed by atoms with Gasteiger partial charge in [-0.05, 0) is 12.1 Å². The van der Waals surface area contributed by atoms with Crippen LogP contribution in [-0.4, -0.2) is 32.5 Å². The van der Waals surface area contributed by atoms with Crippen molar-refractivity contribution in [2.75, 3.05) is 6.54 Å². The quantitative estimate of drug-likeness (QED) is 0.718. The van der Waals surface area contributed by atoms with Gasteiger partial charge in [-0.2, -0.15) is 0 Å². The standard InChI is InChI=1S/C15H12N4O3/c20-15(13-3-6-17-22-13)19-7-4-12-11(9-19)18-14(21-12)10-2-1-5-16-8-10/h1-3,5-6,8H,4,7,9H2. The van der Waals surface area contributed by atoms with E-state index in [0.717, 1.165) is 17.0 Å². The lowest BCUT2D eigenvalue weighted by Crippen LogP contribution is -2.35. The molecule has 4 rings (SSSR count). The second kappa shape index (κ2) is 5.10. The van der Waals surface area contributed by atoms with E-state index in [4.69, 9.17) is 8.94 Å². The van der Waals surface area contributed by atoms with Crippen LogP contribution in [0.15, 0.2) is 45.7 Å². The molecule has 0 aromatic carbocycles. The Hall–Kier alpha value is -2.96. The van der Waals surface area contributed by atoms with E-state index in [1.807, 2.05) is 12.1 Å². The Bertz CT molecular complexity index is 796. The molecule has 0 saturated carbocycles. The fourth-order valence-corrected chi connectivity index (χ4v) is 2.47. The number of amides is 1. The molecule has 0 radical (unpaired) electrons. The second-order valence-electron chi connectivity index (χ2n) is 4.98. The number of aromatic nitrogens is 3. The Labute approximate surface area is 125 Å². The lowest BCUT2D eigenvalue weighted by Gasteiger charge is -2.23. The zero-order valence-electron chi connectivity index (χ0n) is 11.6. The number of rotatable bonds is 2. The van der Waals surface area contributed by atoms with Crippen molar-refractivity contribution in [3.05, 3.63) is 54.0 Å². The van der Waals surface area contributed by atoms with Crippen molar-refractivity contribution >= 4 is 5.91 Å². The van der Waals surface area contributed by atoms with E-state index in [2.05, 4.69) is 15.1 Å². The molecule has 0 saturated heterocycles. The highest BCUT2D eigenvalue weighted by Crippen LogP contribution is 2.26. The van der Waals surface area contributed by atoms with Gasteiger partial charge in [0.15, 0.2) is 0 Å². The van der Waals surface area contributed by atoms with E-state index in [0.29, 0.717) is 25.4 Å². The lowest BCUT2D eigenvalue weighted by atomic mass is 10.1. The summed E-state index contributed by atoms with van der Waals surface area (Å²) < 4.78 is 10.7. The summed E-state index contributed by atoms with van der Waals surface area (Å²) in [7, 11) is 0. The Kier molecular flexibility index (Phi) is 2.96. The molecule has 0 bridgehead atoms. The summed E-state index contributed by atoms with van der Waals surface area (Å²) in [6.45, 7) is 0.965. The summed E-state index contributed by atoms with van der Waals surface area (Å²) in [5, 5.41) is 3.56. The molecule has 4 heterocycles. The molecule has 3 aromatic rings. The largest absolute Gasteiger partial charge is 0.441 e. The van der Waals surface area contributed by atoms with Gasteiger partial charge < -0.3 is 13.8 Å². The van der Waals surface area contributed by atoms with Gasteiger partial charge in [0, 0.05) is 31.4 Å². The summed E-state index contributed by atoms with van der Waals surface area (Å²) in [5.74, 6) is 1.40. The monoisotopic (exact) mass is 296 g/mol. The molecule has 1 aliphatic rings. The number of carbonyl (C=O) groups excluding carboxylic acids is 1. The predicted octanol–water partition coefficient (Wildman–Crippen LogP) is 1.92. The molecule has 0 spiro atoms. The van der Waals surface area contributed by atoms with Crippen LogP contribution in [0.5, 0.6) is 0 Å². The molecule has 110 valence electrons. The van der Waals surface area contributed by atoms with E-state index in [9.17, 15) is 4.79 Å². The van der Waals surface area contributed by atoms with Crippen molar-refractivity contribution in [3.63, 3.8) is 0 Å². The average molecular weight is 296 g/mol. The van der Waals surface area contributed by atoms with E-state index < -0.39 is 0 Å². The van der Waals surface area contributed by atoms with Gasteiger partial charge in [-0.3, -0.25) is 9.78 Å². The zero-order valence-corrected chi connectivity index (χ0v) is 11.6. The van der Waals surface area contributed by atoms with Gasteiger partial charge in [-0.1, -0.05) is 5.16 Å². The Morgan fingerprint density at radius 1 is 1.27 bits per heavy atom. The van der Waals surface area contributed by atoms with Gasteiger partial charge in [0.05, 0.1) is 18.3 Å². The van der Waals surface area contributed by atoms with Gasteiger partial charge >= 0.3 is 0 Å². The molecule has 0 N–H and O–H groups in total. The van der Waals surface area contributed by atoms with E-state index >= 15 is 0 Å². The maximum absolute atomic E-state index is 12.3. The highest BCUT2D eigenvalue weighted by Gasteiger charge is 2.27. The van der Waals surface area contributed by atoms with Crippen molar-refractivity contribution in [2.24, 2.45) is 0 Å². The highest BCUT2D eigenvalue weighted by atomic mass is 16.5. The van der Waals surface area contributed by atoms with Crippen LogP contribution in [0.2, 0.25) is 0 Å². The van der Waals surface area contributed by atoms with E-state index in [1.54, 1.807) is 23.4 Å². The minimum atomic E-state index is -0.186. The van der Waals surface area contributed by atoms with Crippen LogP contribution < -0.4 is 0 Å². The molecule has 0 atom stereocenters. The van der Waals surface area contributed by atoms with Crippen LogP contribution in [0.4, 0.5) is 0 Å². The van der Waals surface area contributed by atoms with Crippen molar-refractivity contribution in [1.82, 2.24) is 20.0 Å². The van der Waals surface area contributed by atoms with E-state index in [-0.39, 0.29) is 11.7 Å². The average Bonchev–Trinajstić information content (AvgIpc) is 3.23. The first kappa shape index (κ1) is 12.8. The van der Waals surface area contributed by atoms with Gasteiger partial charge in [-0.25, -0.2) is 4.98 Å². The van der Waals surface area contributed by atoms with Crippen LogP contribution in [0.25, 0.3) is 11.5 Å². The molecule has 0 unspecified atom stereocenters. The van der Waals surface area contributed by atoms with Gasteiger partial charge in [0.1, 0.15) is 11.5 Å². The predicted molar refractivity (Wildman–Crippen MR) is 74.7 cm³/mol. The third-order valence-corrected chi connectivity index (χ3v) is 3.57. The molecule has 7 heteroatoms. The Morgan fingerprint density at radius 2 is 2.23 bits per heavy atom. The Balaban J connectivity index is 1.59. The minimum Gasteiger partial charge on any atom is -0.441 e. The third kappa shape index (κ3) is 2.16. The number of fused-ring (bicyclic) bond motifs is 1. The zero-order chi connectivity index (χ0) is 14.9. The SMILES string of the molecule is O=C(c1ccno1)N1CCc2oc(-c3cccnc3)nc2C1. The van der Waals surface area contributed by atoms with Crippen molar-refractivity contribution < 1.29 is 13.7 Å². The molecular formula is C15H12N4O3. The molecule has 3 aromatic heterocycles. The van der Waals surface area contributed by atoms with Gasteiger partial charge in [0.2, 0.25) is 11.7 Å². The van der Waals surface area contributed by atoms with Crippen LogP contribution in [0.1, 0.15) is 22.0 Å². The molecule has 7 nitrogen and oxygen atoms in total. The maximum Gasteiger partial charge on any atom is 0.292 e. The number of hydrogen-bond acceptors (Lipinski definition) is 6. The fourth-order valence-electron chi connectivity index (χ4n) is 2.47. The molecule has 1 amide bonds. The number of carbonyl (C=O) groups is 1. The van der Waals surface area contributed by atoms with E-state index in [1.165, 1.54) is 6.20 Å². The summed E-state index contributed by atoms with van der Waals surface area (Å²) in [4.78, 5) is 22.5. The summed E-state index contributed by atoms with van der Waals surface area (Å²) >= 11 is 0. The third-order valence-electron chi connectivity index (χ3n) is 3.57. The smallest absolute Gasteiger partial charge is 0.292 e. The van der Waals surface area contributed by atoms with Crippen molar-refractivity contribution in [1.29, 1.82) is 0 Å². The molecule has 22 heavy (non-hydrogen) atoms. The van der Waals surface area contributed by atoms with Crippen LogP contribution in [0, 0.1) is 0 Å². The molecule has 0 fully saturated rings. The van der Waals surface area contributed by atoms with Crippen molar-refractivity contribution in [2.45, 2.75) is 13.0 Å². The Morgan fingerprint density at radius 3 is 3.00 bits per heavy atom. The number of nitrogens with zero attached hydrogens (tertiary/aromatic N) is 4. The number of hydrogen-bond donors (Lipinski definition) is 0. The first-order valence-corrected chi connectivity index (χ1v) is 6.90. The van der Waals surface area contributed by atoms with Crippen molar-refractivity contribution in [3.8, 4) is 11.5 Å². The summed E-state index contributed by atoms with van der Waals surface area (Å²) in [6, 6.07) is 5.28. The topological polar surface area (TPSA) is 85.3 Å². The molecule has 1 aliphatic heterocycles. The normalized spacial score (nSPS) is 13.9. The second-order valence-corrected chi connectivity index (χ2v) is 4.98. The minimum absolute atomic E-state index is 0.186. The number of oxazole rings is 1. The highest BCUT2D eigenvalue weighted by molar-refractivity contribution is 5.91. The molecule has 0 aliphatic carbocycles. The lowest BCUT2D eigenvalue weighted by molar-refractivity contribution is 0.0685. The molecular weight excluding hydrogens is 284 g/mol. The maximum atomic E-state index is 12.3. The van der Waals surface area contributed by atoms with Crippen LogP contribution >= 0.6 is 0 Å². The van der Waals surface area contributed by atoms with Gasteiger partial charge in [0.25, 0.3) is 5.91 Å². The summed E-state index contributed by atoms with van der Waals surface area (Å²) in [5.41, 5.74) is 1.60. The first-order valence-electron chi connectivity index (χ1n) is 6.90. The van der Waals surface area contributed by atoms with Gasteiger partial charge in [-0.15, -0.1) is 0 Å².